The molecule has 1 heterocycles. The van der Waals surface area contributed by atoms with Crippen LogP contribution in [0.1, 0.15) is 29.0 Å². The lowest BCUT2D eigenvalue weighted by molar-refractivity contribution is -0.137. The molecule has 0 aromatic heterocycles. The van der Waals surface area contributed by atoms with Crippen LogP contribution in [0.3, 0.4) is 0 Å². The quantitative estimate of drug-likeness (QED) is 0.775. The molecule has 1 saturated carbocycles. The van der Waals surface area contributed by atoms with Crippen LogP contribution in [0.25, 0.3) is 0 Å². The third kappa shape index (κ3) is 3.86. The van der Waals surface area contributed by atoms with Crippen LogP contribution in [-0.4, -0.2) is 37.0 Å². The minimum Gasteiger partial charge on any atom is -0.368 e. The summed E-state index contributed by atoms with van der Waals surface area (Å²) in [6.45, 7) is 5.03. The largest absolute Gasteiger partial charge is 0.416 e. The summed E-state index contributed by atoms with van der Waals surface area (Å²) in [6.07, 6.45) is -3.60. The van der Waals surface area contributed by atoms with Gasteiger partial charge < -0.3 is 9.80 Å². The molecule has 28 heavy (non-hydrogen) atoms. The summed E-state index contributed by atoms with van der Waals surface area (Å²) in [5.41, 5.74) is 2.58. The first-order valence-corrected chi connectivity index (χ1v) is 9.60. The highest BCUT2D eigenvalue weighted by Crippen LogP contribution is 2.49. The van der Waals surface area contributed by atoms with Gasteiger partial charge in [-0.2, -0.15) is 13.2 Å². The van der Waals surface area contributed by atoms with Crippen molar-refractivity contribution in [2.24, 2.45) is 5.92 Å². The number of aryl methyl sites for hydroxylation is 1. The SMILES string of the molecule is Cc1cccc(N2CCN(C(=O)C3CC3c3ccc(C(F)(F)F)cc3)CC2)c1. The Labute approximate surface area is 162 Å². The number of carbonyl (C=O) groups excluding carboxylic acids is 1. The maximum Gasteiger partial charge on any atom is 0.416 e. The monoisotopic (exact) mass is 388 g/mol. The van der Waals surface area contributed by atoms with Gasteiger partial charge in [-0.15, -0.1) is 0 Å². The molecule has 1 amide bonds. The van der Waals surface area contributed by atoms with E-state index in [9.17, 15) is 18.0 Å². The number of hydrogen-bond donors (Lipinski definition) is 0. The number of alkyl halides is 3. The van der Waals surface area contributed by atoms with Crippen molar-refractivity contribution in [2.45, 2.75) is 25.4 Å². The van der Waals surface area contributed by atoms with Gasteiger partial charge in [-0.25, -0.2) is 0 Å². The molecule has 2 aromatic carbocycles. The Morgan fingerprint density at radius 1 is 1.00 bits per heavy atom. The lowest BCUT2D eigenvalue weighted by atomic mass is 10.1. The second-order valence-corrected chi connectivity index (χ2v) is 7.72. The fourth-order valence-electron chi connectivity index (χ4n) is 4.00. The molecular formula is C22H23F3N2O. The average Bonchev–Trinajstić information content (AvgIpc) is 3.48. The molecule has 6 heteroatoms. The molecule has 0 spiro atoms. The summed E-state index contributed by atoms with van der Waals surface area (Å²) in [7, 11) is 0. The number of halogens is 3. The number of piperazine rings is 1. The smallest absolute Gasteiger partial charge is 0.368 e. The van der Waals surface area contributed by atoms with Crippen LogP contribution >= 0.6 is 0 Å². The Balaban J connectivity index is 1.33. The van der Waals surface area contributed by atoms with Crippen molar-refractivity contribution in [1.82, 2.24) is 4.90 Å². The summed E-state index contributed by atoms with van der Waals surface area (Å²) >= 11 is 0. The molecule has 2 aromatic rings. The molecule has 0 radical (unpaired) electrons. The fourth-order valence-corrected chi connectivity index (χ4v) is 4.00. The van der Waals surface area contributed by atoms with Gasteiger partial charge >= 0.3 is 6.18 Å². The summed E-state index contributed by atoms with van der Waals surface area (Å²) in [4.78, 5) is 17.0. The summed E-state index contributed by atoms with van der Waals surface area (Å²) in [5, 5.41) is 0. The standard InChI is InChI=1S/C22H23F3N2O/c1-15-3-2-4-18(13-15)26-9-11-27(12-10-26)21(28)20-14-19(20)16-5-7-17(8-6-16)22(23,24)25/h2-8,13,19-20H,9-12,14H2,1H3. The molecule has 2 aliphatic rings. The van der Waals surface area contributed by atoms with Gasteiger partial charge in [-0.3, -0.25) is 4.79 Å². The van der Waals surface area contributed by atoms with E-state index >= 15 is 0 Å². The third-order valence-corrected chi connectivity index (χ3v) is 5.73. The van der Waals surface area contributed by atoms with Gasteiger partial charge in [-0.1, -0.05) is 24.3 Å². The van der Waals surface area contributed by atoms with Crippen LogP contribution < -0.4 is 4.90 Å². The lowest BCUT2D eigenvalue weighted by Crippen LogP contribution is -2.49. The molecular weight excluding hydrogens is 365 g/mol. The van der Waals surface area contributed by atoms with Gasteiger partial charge in [0.05, 0.1) is 5.56 Å². The van der Waals surface area contributed by atoms with Gasteiger partial charge in [0, 0.05) is 37.8 Å². The van der Waals surface area contributed by atoms with Crippen molar-refractivity contribution >= 4 is 11.6 Å². The summed E-state index contributed by atoms with van der Waals surface area (Å²) < 4.78 is 38.1. The van der Waals surface area contributed by atoms with Crippen LogP contribution in [0.4, 0.5) is 18.9 Å². The van der Waals surface area contributed by atoms with Crippen molar-refractivity contribution in [2.75, 3.05) is 31.1 Å². The summed E-state index contributed by atoms with van der Waals surface area (Å²) in [6, 6.07) is 13.6. The highest BCUT2D eigenvalue weighted by Gasteiger charge is 2.46. The first kappa shape index (κ1) is 18.8. The van der Waals surface area contributed by atoms with Crippen molar-refractivity contribution in [3.8, 4) is 0 Å². The maximum atomic E-state index is 12.8. The Bertz CT molecular complexity index is 855. The van der Waals surface area contributed by atoms with Gasteiger partial charge in [0.2, 0.25) is 5.91 Å². The van der Waals surface area contributed by atoms with E-state index in [0.29, 0.717) is 13.1 Å². The normalized spacial score (nSPS) is 22.3. The second kappa shape index (κ2) is 7.15. The first-order chi connectivity index (χ1) is 13.3. The van der Waals surface area contributed by atoms with Gasteiger partial charge in [0.1, 0.15) is 0 Å². The third-order valence-electron chi connectivity index (χ3n) is 5.73. The molecule has 3 nitrogen and oxygen atoms in total. The molecule has 2 atom stereocenters. The number of nitrogens with zero attached hydrogens (tertiary/aromatic N) is 2. The van der Waals surface area contributed by atoms with Crippen LogP contribution in [0.2, 0.25) is 0 Å². The van der Waals surface area contributed by atoms with Gasteiger partial charge in [-0.05, 0) is 54.7 Å². The zero-order chi connectivity index (χ0) is 19.9. The Kier molecular flexibility index (Phi) is 4.81. The molecule has 1 saturated heterocycles. The molecule has 148 valence electrons. The van der Waals surface area contributed by atoms with Crippen molar-refractivity contribution in [3.05, 3.63) is 65.2 Å². The fraction of sp³-hybridized carbons (Fsp3) is 0.409. The summed E-state index contributed by atoms with van der Waals surface area (Å²) in [5.74, 6) is 0.0839. The number of amides is 1. The minimum atomic E-state index is -4.33. The topological polar surface area (TPSA) is 23.6 Å². The molecule has 1 aliphatic carbocycles. The van der Waals surface area contributed by atoms with Gasteiger partial charge in [0.15, 0.2) is 0 Å². The number of anilines is 1. The zero-order valence-electron chi connectivity index (χ0n) is 15.7. The highest BCUT2D eigenvalue weighted by molar-refractivity contribution is 5.83. The number of carbonyl (C=O) groups is 1. The van der Waals surface area contributed by atoms with E-state index in [0.717, 1.165) is 37.2 Å². The van der Waals surface area contributed by atoms with E-state index in [1.807, 2.05) is 11.0 Å². The predicted octanol–water partition coefficient (Wildman–Crippen LogP) is 4.47. The maximum absolute atomic E-state index is 12.8. The minimum absolute atomic E-state index is 0.0459. The van der Waals surface area contributed by atoms with E-state index in [1.165, 1.54) is 23.4 Å². The first-order valence-electron chi connectivity index (χ1n) is 9.60. The molecule has 0 N–H and O–H groups in total. The number of benzene rings is 2. The van der Waals surface area contributed by atoms with E-state index in [4.69, 9.17) is 0 Å². The zero-order valence-corrected chi connectivity index (χ0v) is 15.7. The molecule has 2 fully saturated rings. The average molecular weight is 388 g/mol. The van der Waals surface area contributed by atoms with E-state index < -0.39 is 11.7 Å². The van der Waals surface area contributed by atoms with Crippen molar-refractivity contribution in [3.63, 3.8) is 0 Å². The van der Waals surface area contributed by atoms with Crippen molar-refractivity contribution in [1.29, 1.82) is 0 Å². The van der Waals surface area contributed by atoms with Crippen LogP contribution in [0, 0.1) is 12.8 Å². The van der Waals surface area contributed by atoms with Gasteiger partial charge in [0.25, 0.3) is 0 Å². The van der Waals surface area contributed by atoms with Crippen molar-refractivity contribution < 1.29 is 18.0 Å². The lowest BCUT2D eigenvalue weighted by Gasteiger charge is -2.36. The Hall–Kier alpha value is -2.50. The predicted molar refractivity (Wildman–Crippen MR) is 102 cm³/mol. The Morgan fingerprint density at radius 3 is 2.29 bits per heavy atom. The molecule has 2 unspecified atom stereocenters. The highest BCUT2D eigenvalue weighted by atomic mass is 19.4. The van der Waals surface area contributed by atoms with E-state index in [-0.39, 0.29) is 17.7 Å². The number of hydrogen-bond acceptors (Lipinski definition) is 2. The van der Waals surface area contributed by atoms with Crippen LogP contribution in [0.5, 0.6) is 0 Å². The molecule has 0 bridgehead atoms. The van der Waals surface area contributed by atoms with E-state index in [2.05, 4.69) is 30.0 Å². The van der Waals surface area contributed by atoms with Crippen LogP contribution in [-0.2, 0) is 11.0 Å². The molecule has 4 rings (SSSR count). The molecule has 1 aliphatic heterocycles. The Morgan fingerprint density at radius 2 is 1.68 bits per heavy atom. The number of rotatable bonds is 3. The van der Waals surface area contributed by atoms with Crippen LogP contribution in [0.15, 0.2) is 48.5 Å². The van der Waals surface area contributed by atoms with E-state index in [1.54, 1.807) is 0 Å². The second-order valence-electron chi connectivity index (χ2n) is 7.72.